The van der Waals surface area contributed by atoms with Gasteiger partial charge in [-0.1, -0.05) is 29.3 Å². The Morgan fingerprint density at radius 2 is 1.96 bits per heavy atom. The normalized spacial score (nSPS) is 10.9. The Hall–Kier alpha value is -2.44. The van der Waals surface area contributed by atoms with Crippen molar-refractivity contribution in [2.75, 3.05) is 0 Å². The number of para-hydroxylation sites is 1. The summed E-state index contributed by atoms with van der Waals surface area (Å²) in [5, 5.41) is 9.30. The molecule has 0 aliphatic carbocycles. The van der Waals surface area contributed by atoms with Crippen LogP contribution in [0, 0.1) is 5.82 Å². The third-order valence-corrected chi connectivity index (χ3v) is 3.74. The van der Waals surface area contributed by atoms with E-state index >= 15 is 0 Å². The minimum absolute atomic E-state index is 0.00591. The highest BCUT2D eigenvalue weighted by Gasteiger charge is 2.19. The quantitative estimate of drug-likeness (QED) is 0.716. The van der Waals surface area contributed by atoms with Crippen LogP contribution >= 0.6 is 23.2 Å². The van der Waals surface area contributed by atoms with Crippen molar-refractivity contribution in [3.63, 3.8) is 0 Å². The Morgan fingerprint density at radius 1 is 1.22 bits per heavy atom. The lowest BCUT2D eigenvalue weighted by atomic mass is 10.2. The molecule has 0 unspecified atom stereocenters. The molecule has 1 aromatic carbocycles. The lowest BCUT2D eigenvalue weighted by Gasteiger charge is -2.13. The van der Waals surface area contributed by atoms with Crippen molar-refractivity contribution in [2.45, 2.75) is 0 Å². The molecule has 0 saturated heterocycles. The molecule has 3 aromatic rings. The highest BCUT2D eigenvalue weighted by atomic mass is 35.5. The summed E-state index contributed by atoms with van der Waals surface area (Å²) in [6.45, 7) is 0. The van der Waals surface area contributed by atoms with E-state index in [0.29, 0.717) is 0 Å². The minimum atomic E-state index is -1.44. The van der Waals surface area contributed by atoms with Crippen LogP contribution in [0.5, 0.6) is 0 Å². The van der Waals surface area contributed by atoms with Crippen molar-refractivity contribution < 1.29 is 14.3 Å². The first-order valence-electron chi connectivity index (χ1n) is 6.29. The molecule has 0 fully saturated rings. The summed E-state index contributed by atoms with van der Waals surface area (Å²) < 4.78 is 15.3. The van der Waals surface area contributed by atoms with Gasteiger partial charge in [0.05, 0.1) is 10.4 Å². The molecule has 5 nitrogen and oxygen atoms in total. The van der Waals surface area contributed by atoms with Gasteiger partial charge in [0.15, 0.2) is 0 Å². The highest BCUT2D eigenvalue weighted by Crippen LogP contribution is 2.26. The summed E-state index contributed by atoms with van der Waals surface area (Å²) in [7, 11) is 0. The van der Waals surface area contributed by atoms with Crippen molar-refractivity contribution in [1.82, 2.24) is 9.55 Å². The van der Waals surface area contributed by atoms with Crippen LogP contribution in [-0.2, 0) is 0 Å². The van der Waals surface area contributed by atoms with E-state index in [9.17, 15) is 19.1 Å². The Morgan fingerprint density at radius 3 is 2.61 bits per heavy atom. The Labute approximate surface area is 138 Å². The Kier molecular flexibility index (Phi) is 3.79. The summed E-state index contributed by atoms with van der Waals surface area (Å²) >= 11 is 11.9. The fourth-order valence-corrected chi connectivity index (χ4v) is 2.62. The van der Waals surface area contributed by atoms with Gasteiger partial charge in [0.2, 0.25) is 5.43 Å². The minimum Gasteiger partial charge on any atom is -0.477 e. The lowest BCUT2D eigenvalue weighted by molar-refractivity contribution is 0.0695. The predicted molar refractivity (Wildman–Crippen MR) is 84.3 cm³/mol. The topological polar surface area (TPSA) is 72.2 Å². The van der Waals surface area contributed by atoms with Crippen molar-refractivity contribution in [2.24, 2.45) is 0 Å². The molecule has 0 spiro atoms. The number of halogens is 3. The zero-order valence-electron chi connectivity index (χ0n) is 11.3. The number of aromatic carboxylic acids is 1. The van der Waals surface area contributed by atoms with Gasteiger partial charge in [0.25, 0.3) is 0 Å². The molecule has 116 valence electrons. The monoisotopic (exact) mass is 352 g/mol. The van der Waals surface area contributed by atoms with Crippen LogP contribution in [0.2, 0.25) is 10.2 Å². The molecule has 23 heavy (non-hydrogen) atoms. The van der Waals surface area contributed by atoms with E-state index in [4.69, 9.17) is 23.2 Å². The Balaban J connectivity index is 2.54. The molecule has 1 N–H and O–H groups in total. The van der Waals surface area contributed by atoms with E-state index < -0.39 is 22.8 Å². The van der Waals surface area contributed by atoms with Gasteiger partial charge in [-0.25, -0.2) is 14.2 Å². The maximum Gasteiger partial charge on any atom is 0.341 e. The summed E-state index contributed by atoms with van der Waals surface area (Å²) in [6, 6.07) is 6.70. The molecule has 3 rings (SSSR count). The van der Waals surface area contributed by atoms with Crippen LogP contribution in [0.4, 0.5) is 4.39 Å². The van der Waals surface area contributed by atoms with Crippen LogP contribution in [0.25, 0.3) is 16.7 Å². The summed E-state index contributed by atoms with van der Waals surface area (Å²) in [5.41, 5.74) is -1.36. The number of hydrogen-bond donors (Lipinski definition) is 1. The van der Waals surface area contributed by atoms with E-state index in [1.54, 1.807) is 0 Å². The molecular formula is C15H7Cl2FN2O3. The number of pyridine rings is 2. The number of hydrogen-bond acceptors (Lipinski definition) is 3. The van der Waals surface area contributed by atoms with E-state index in [0.717, 1.165) is 16.8 Å². The molecule has 0 saturated carbocycles. The van der Waals surface area contributed by atoms with Crippen molar-refractivity contribution in [1.29, 1.82) is 0 Å². The maximum atomic E-state index is 14.2. The third-order valence-electron chi connectivity index (χ3n) is 3.23. The number of carboxylic acid groups (broad SMARTS) is 1. The van der Waals surface area contributed by atoms with Crippen molar-refractivity contribution >= 4 is 40.2 Å². The zero-order valence-corrected chi connectivity index (χ0v) is 12.8. The first-order chi connectivity index (χ1) is 10.9. The Bertz CT molecular complexity index is 997. The van der Waals surface area contributed by atoms with Gasteiger partial charge in [-0.3, -0.25) is 9.36 Å². The van der Waals surface area contributed by atoms with Gasteiger partial charge >= 0.3 is 5.97 Å². The zero-order chi connectivity index (χ0) is 16.7. The van der Waals surface area contributed by atoms with Crippen LogP contribution < -0.4 is 5.43 Å². The molecule has 0 aliphatic rings. The van der Waals surface area contributed by atoms with Crippen LogP contribution in [0.15, 0.2) is 41.3 Å². The number of benzene rings is 1. The molecule has 8 heteroatoms. The smallest absolute Gasteiger partial charge is 0.341 e. The van der Waals surface area contributed by atoms with Gasteiger partial charge in [0.1, 0.15) is 27.9 Å². The second kappa shape index (κ2) is 5.64. The fraction of sp³-hybridized carbons (Fsp3) is 0. The van der Waals surface area contributed by atoms with Gasteiger partial charge in [-0.15, -0.1) is 0 Å². The number of carbonyl (C=O) groups is 1. The molecule has 0 atom stereocenters. The summed E-state index contributed by atoms with van der Waals surface area (Å²) in [5.74, 6) is -2.13. The van der Waals surface area contributed by atoms with Gasteiger partial charge in [0, 0.05) is 6.20 Å². The lowest BCUT2D eigenvalue weighted by Crippen LogP contribution is -2.19. The predicted octanol–water partition coefficient (Wildman–Crippen LogP) is 3.53. The molecule has 0 aliphatic heterocycles. The van der Waals surface area contributed by atoms with Crippen LogP contribution in [0.3, 0.4) is 0 Å². The fourth-order valence-electron chi connectivity index (χ4n) is 2.22. The van der Waals surface area contributed by atoms with Crippen LogP contribution in [0.1, 0.15) is 10.4 Å². The number of aromatic nitrogens is 2. The first-order valence-corrected chi connectivity index (χ1v) is 7.05. The van der Waals surface area contributed by atoms with Crippen molar-refractivity contribution in [3.05, 3.63) is 68.3 Å². The third kappa shape index (κ3) is 2.56. The van der Waals surface area contributed by atoms with Crippen LogP contribution in [-0.4, -0.2) is 20.6 Å². The number of carboxylic acids is 1. The summed E-state index contributed by atoms with van der Waals surface area (Å²) in [6.07, 6.45) is 0.987. The van der Waals surface area contributed by atoms with E-state index in [-0.39, 0.29) is 26.9 Å². The number of nitrogens with zero attached hydrogens (tertiary/aromatic N) is 2. The van der Waals surface area contributed by atoms with Gasteiger partial charge in [-0.2, -0.15) is 0 Å². The number of fused-ring (bicyclic) bond motifs is 1. The van der Waals surface area contributed by atoms with E-state index in [2.05, 4.69) is 4.98 Å². The van der Waals surface area contributed by atoms with E-state index in [1.807, 2.05) is 0 Å². The molecule has 2 heterocycles. The first kappa shape index (κ1) is 15.5. The molecule has 0 amide bonds. The average molecular weight is 353 g/mol. The van der Waals surface area contributed by atoms with Gasteiger partial charge < -0.3 is 5.11 Å². The molecular weight excluding hydrogens is 346 g/mol. The SMILES string of the molecule is O=C(O)c1cn(-c2c(F)cccc2Cl)c2nc(Cl)ccc2c1=O. The second-order valence-electron chi connectivity index (χ2n) is 4.62. The largest absolute Gasteiger partial charge is 0.477 e. The number of rotatable bonds is 2. The average Bonchev–Trinajstić information content (AvgIpc) is 2.48. The molecule has 0 radical (unpaired) electrons. The summed E-state index contributed by atoms with van der Waals surface area (Å²) in [4.78, 5) is 27.5. The molecule has 0 bridgehead atoms. The maximum absolute atomic E-state index is 14.2. The van der Waals surface area contributed by atoms with E-state index in [1.165, 1.54) is 24.3 Å². The second-order valence-corrected chi connectivity index (χ2v) is 5.42. The standard InChI is InChI=1S/C15H7Cl2FN2O3/c16-9-2-1-3-10(18)12(9)20-6-8(15(22)23)13(21)7-4-5-11(17)19-14(7)20/h1-6H,(H,22,23). The molecule has 2 aromatic heterocycles. The van der Waals surface area contributed by atoms with Crippen molar-refractivity contribution in [3.8, 4) is 5.69 Å². The van der Waals surface area contributed by atoms with Gasteiger partial charge in [-0.05, 0) is 24.3 Å². The highest BCUT2D eigenvalue weighted by molar-refractivity contribution is 6.32.